The van der Waals surface area contributed by atoms with E-state index in [0.717, 1.165) is 40.0 Å². The molecule has 2 N–H and O–H groups in total. The van der Waals surface area contributed by atoms with Gasteiger partial charge in [-0.3, -0.25) is 9.36 Å². The van der Waals surface area contributed by atoms with Crippen LogP contribution in [0.5, 0.6) is 0 Å². The average molecular weight is 487 g/mol. The zero-order chi connectivity index (χ0) is 23.5. The Morgan fingerprint density at radius 3 is 2.56 bits per heavy atom. The largest absolute Gasteiger partial charge is 0.469 e. The predicted octanol–water partition coefficient (Wildman–Crippen LogP) is 3.64. The number of hydrazone groups is 1. The maximum Gasteiger partial charge on any atom is 0.469 e. The number of hydrogen-bond acceptors (Lipinski definition) is 6. The Kier molecular flexibility index (Phi) is 7.33. The molecule has 0 spiro atoms. The van der Waals surface area contributed by atoms with Crippen molar-refractivity contribution < 1.29 is 37.3 Å². The van der Waals surface area contributed by atoms with Crippen molar-refractivity contribution in [1.29, 1.82) is 0 Å². The third-order valence-corrected chi connectivity index (χ3v) is 6.57. The molecule has 0 fully saturated rings. The molecule has 2 amide bonds. The zero-order valence-corrected chi connectivity index (χ0v) is 18.7. The number of urea groups is 1. The Balaban J connectivity index is 2.12. The molecule has 0 aliphatic carbocycles. The van der Waals surface area contributed by atoms with Crippen molar-refractivity contribution in [2.75, 3.05) is 20.8 Å². The van der Waals surface area contributed by atoms with Crippen LogP contribution < -0.4 is 0 Å². The Labute approximate surface area is 186 Å². The van der Waals surface area contributed by atoms with Crippen LogP contribution in [-0.4, -0.2) is 51.7 Å². The Morgan fingerprint density at radius 1 is 1.25 bits per heavy atom. The number of benzene rings is 2. The lowest BCUT2D eigenvalue weighted by Gasteiger charge is -2.36. The average Bonchev–Trinajstić information content (AvgIpc) is 3.14. The van der Waals surface area contributed by atoms with E-state index in [-0.39, 0.29) is 17.0 Å². The van der Waals surface area contributed by atoms with Crippen molar-refractivity contribution in [2.24, 2.45) is 5.10 Å². The van der Waals surface area contributed by atoms with Gasteiger partial charge in [0.1, 0.15) is 21.5 Å². The minimum Gasteiger partial charge on any atom is -0.303 e. The molecule has 1 atom stereocenters. The van der Waals surface area contributed by atoms with Crippen molar-refractivity contribution in [1.82, 2.24) is 10.1 Å². The number of amides is 2. The van der Waals surface area contributed by atoms with Crippen molar-refractivity contribution in [2.45, 2.75) is 11.3 Å². The fourth-order valence-corrected chi connectivity index (χ4v) is 4.74. The number of thioether (sulfide) groups is 1. The van der Waals surface area contributed by atoms with Crippen LogP contribution in [0.25, 0.3) is 0 Å². The van der Waals surface area contributed by atoms with Crippen molar-refractivity contribution in [3.05, 3.63) is 71.3 Å². The fraction of sp³-hybridized carbons (Fsp3) is 0.263. The van der Waals surface area contributed by atoms with Gasteiger partial charge in [0.15, 0.2) is 0 Å². The molecule has 2 aromatic rings. The molecule has 0 saturated carbocycles. The molecule has 0 bridgehead atoms. The van der Waals surface area contributed by atoms with Gasteiger partial charge in [0, 0.05) is 19.0 Å². The first kappa shape index (κ1) is 24.3. The summed E-state index contributed by atoms with van der Waals surface area (Å²) in [6, 6.07) is 10.6. The molecule has 0 aromatic heterocycles. The monoisotopic (exact) mass is 487 g/mol. The predicted molar refractivity (Wildman–Crippen MR) is 113 cm³/mol. The van der Waals surface area contributed by atoms with Gasteiger partial charge in [0.2, 0.25) is 0 Å². The van der Waals surface area contributed by atoms with Crippen LogP contribution in [-0.2, 0) is 18.8 Å². The number of phosphoric ester groups is 1. The quantitative estimate of drug-likeness (QED) is 0.453. The first-order valence-corrected chi connectivity index (χ1v) is 11.5. The highest BCUT2D eigenvalue weighted by molar-refractivity contribution is 8.15. The molecule has 1 unspecified atom stereocenters. The minimum absolute atomic E-state index is 0.000106. The summed E-state index contributed by atoms with van der Waals surface area (Å²) in [6.45, 7) is -0.457. The van der Waals surface area contributed by atoms with Crippen molar-refractivity contribution in [3.63, 3.8) is 0 Å². The number of rotatable bonds is 7. The zero-order valence-electron chi connectivity index (χ0n) is 17.0. The topological polar surface area (TPSA) is 112 Å². The molecular formula is C19H20F2N3O6PS. The molecule has 1 heterocycles. The van der Waals surface area contributed by atoms with E-state index in [2.05, 4.69) is 9.63 Å². The van der Waals surface area contributed by atoms with Crippen LogP contribution in [0.4, 0.5) is 13.6 Å². The van der Waals surface area contributed by atoms with E-state index in [0.29, 0.717) is 5.56 Å². The summed E-state index contributed by atoms with van der Waals surface area (Å²) < 4.78 is 44.2. The summed E-state index contributed by atoms with van der Waals surface area (Å²) in [5.74, 6) is -1.45. The smallest absolute Gasteiger partial charge is 0.303 e. The molecule has 1 aliphatic rings. The van der Waals surface area contributed by atoms with E-state index in [9.17, 15) is 18.1 Å². The van der Waals surface area contributed by atoms with Crippen LogP contribution >= 0.6 is 19.6 Å². The van der Waals surface area contributed by atoms with E-state index in [1.54, 1.807) is 30.3 Å². The molecule has 2 aromatic carbocycles. The van der Waals surface area contributed by atoms with Gasteiger partial charge in [0.25, 0.3) is 0 Å². The van der Waals surface area contributed by atoms with Gasteiger partial charge in [-0.1, -0.05) is 42.1 Å². The summed E-state index contributed by atoms with van der Waals surface area (Å²) in [5.41, 5.74) is 0.356. The molecule has 172 valence electrons. The molecule has 3 rings (SSSR count). The van der Waals surface area contributed by atoms with Crippen molar-refractivity contribution >= 4 is 30.7 Å². The second kappa shape index (κ2) is 9.65. The van der Waals surface area contributed by atoms with E-state index >= 15 is 0 Å². The van der Waals surface area contributed by atoms with Gasteiger partial charge in [-0.15, -0.1) is 0 Å². The number of nitrogens with zero attached hydrogens (tertiary/aromatic N) is 3. The second-order valence-electron chi connectivity index (χ2n) is 6.63. The molecule has 13 heteroatoms. The van der Waals surface area contributed by atoms with Crippen LogP contribution in [0.15, 0.2) is 53.6 Å². The van der Waals surface area contributed by atoms with Crippen LogP contribution in [0.3, 0.4) is 0 Å². The summed E-state index contributed by atoms with van der Waals surface area (Å²) in [4.78, 5) is 34.9. The number of carbonyl (C=O) groups excluding carboxylic acids is 1. The first-order chi connectivity index (χ1) is 15.1. The van der Waals surface area contributed by atoms with E-state index in [1.165, 1.54) is 14.2 Å². The Bertz CT molecular complexity index is 1070. The third kappa shape index (κ3) is 5.17. The lowest BCUT2D eigenvalue weighted by Crippen LogP contribution is -2.47. The van der Waals surface area contributed by atoms with E-state index < -0.39 is 37.0 Å². The second-order valence-corrected chi connectivity index (χ2v) is 9.14. The molecule has 32 heavy (non-hydrogen) atoms. The number of phosphoric acid groups is 1. The Morgan fingerprint density at radius 2 is 1.94 bits per heavy atom. The van der Waals surface area contributed by atoms with Gasteiger partial charge in [-0.05, 0) is 23.8 Å². The lowest BCUT2D eigenvalue weighted by molar-refractivity contribution is -0.0808. The highest BCUT2D eigenvalue weighted by Crippen LogP contribution is 2.51. The van der Waals surface area contributed by atoms with Crippen LogP contribution in [0, 0.1) is 11.6 Å². The summed E-state index contributed by atoms with van der Waals surface area (Å²) in [5, 5.41) is 6.16. The molecular weight excluding hydrogens is 467 g/mol. The van der Waals surface area contributed by atoms with Gasteiger partial charge in [-0.25, -0.2) is 23.2 Å². The van der Waals surface area contributed by atoms with Crippen LogP contribution in [0.2, 0.25) is 0 Å². The standard InChI is InChI=1S/C19H20F2N3O6PS/c1-23(29-2)18(25)24-19(10-11-30-31(26,27)28,13-6-4-3-5-7-13)32-17(22-24)15-12-14(20)8-9-16(15)21/h3-9,12H,10-11H2,1-2H3,(H2,26,27,28). The summed E-state index contributed by atoms with van der Waals surface area (Å²) >= 11 is 0.935. The van der Waals surface area contributed by atoms with Crippen LogP contribution in [0.1, 0.15) is 17.5 Å². The molecule has 0 radical (unpaired) electrons. The molecule has 1 aliphatic heterocycles. The third-order valence-electron chi connectivity index (χ3n) is 4.61. The molecule has 0 saturated heterocycles. The summed E-state index contributed by atoms with van der Waals surface area (Å²) in [6.07, 6.45) is -0.139. The van der Waals surface area contributed by atoms with E-state index in [4.69, 9.17) is 14.6 Å². The van der Waals surface area contributed by atoms with E-state index in [1.807, 2.05) is 0 Å². The fourth-order valence-electron chi connectivity index (χ4n) is 3.06. The maximum absolute atomic E-state index is 14.5. The maximum atomic E-state index is 14.5. The normalized spacial score (nSPS) is 18.6. The molecule has 9 nitrogen and oxygen atoms in total. The van der Waals surface area contributed by atoms with Gasteiger partial charge in [-0.2, -0.15) is 10.1 Å². The van der Waals surface area contributed by atoms with Crippen molar-refractivity contribution in [3.8, 4) is 0 Å². The minimum atomic E-state index is -4.79. The number of hydrogen-bond donors (Lipinski definition) is 2. The Hall–Kier alpha value is -2.34. The number of hydroxylamine groups is 2. The lowest BCUT2D eigenvalue weighted by atomic mass is 10.0. The highest BCUT2D eigenvalue weighted by atomic mass is 32.2. The number of halogens is 2. The van der Waals surface area contributed by atoms with Gasteiger partial charge in [0.05, 0.1) is 13.7 Å². The SMILES string of the molecule is CON(C)C(=O)N1N=C(c2cc(F)ccc2F)SC1(CCOP(=O)(O)O)c1ccccc1. The highest BCUT2D eigenvalue weighted by Gasteiger charge is 2.50. The number of carbonyl (C=O) groups is 1. The van der Waals surface area contributed by atoms with Gasteiger partial charge >= 0.3 is 13.9 Å². The van der Waals surface area contributed by atoms with Gasteiger partial charge < -0.3 is 9.79 Å². The first-order valence-electron chi connectivity index (χ1n) is 9.18. The summed E-state index contributed by atoms with van der Waals surface area (Å²) in [7, 11) is -2.19.